The molecule has 4 nitrogen and oxygen atoms in total. The molecule has 120 valence electrons. The zero-order valence-corrected chi connectivity index (χ0v) is 12.6. The van der Waals surface area contributed by atoms with Crippen molar-refractivity contribution in [3.05, 3.63) is 29.6 Å². The highest BCUT2D eigenvalue weighted by Crippen LogP contribution is 2.22. The van der Waals surface area contributed by atoms with Crippen LogP contribution in [0.25, 0.3) is 0 Å². The van der Waals surface area contributed by atoms with Crippen molar-refractivity contribution in [1.29, 1.82) is 0 Å². The van der Waals surface area contributed by atoms with Gasteiger partial charge in [0, 0.05) is 18.2 Å². The van der Waals surface area contributed by atoms with Gasteiger partial charge in [0.25, 0.3) is 0 Å². The van der Waals surface area contributed by atoms with Gasteiger partial charge in [-0.3, -0.25) is 0 Å². The summed E-state index contributed by atoms with van der Waals surface area (Å²) in [6.07, 6.45) is 2.39. The van der Waals surface area contributed by atoms with Crippen LogP contribution in [-0.2, 0) is 10.0 Å². The molecule has 0 atom stereocenters. The molecule has 0 aliphatic heterocycles. The Kier molecular flexibility index (Phi) is 6.03. The molecule has 3 N–H and O–H groups in total. The molecule has 1 fully saturated rings. The third-order valence-electron chi connectivity index (χ3n) is 3.36. The zero-order valence-electron chi connectivity index (χ0n) is 11.0. The van der Waals surface area contributed by atoms with E-state index in [2.05, 4.69) is 4.72 Å². The summed E-state index contributed by atoms with van der Waals surface area (Å²) in [4.78, 5) is -0.883. The van der Waals surface area contributed by atoms with Gasteiger partial charge in [-0.15, -0.1) is 12.4 Å². The first-order chi connectivity index (χ1) is 9.29. The van der Waals surface area contributed by atoms with E-state index in [-0.39, 0.29) is 30.6 Å². The maximum absolute atomic E-state index is 13.5. The molecule has 9 heteroatoms. The van der Waals surface area contributed by atoms with Gasteiger partial charge in [0.05, 0.1) is 0 Å². The fourth-order valence-corrected chi connectivity index (χ4v) is 3.61. The van der Waals surface area contributed by atoms with Crippen molar-refractivity contribution < 1.29 is 21.6 Å². The number of nitrogens with one attached hydrogen (secondary N) is 1. The van der Waals surface area contributed by atoms with E-state index in [0.717, 1.165) is 0 Å². The predicted molar refractivity (Wildman–Crippen MR) is 74.1 cm³/mol. The van der Waals surface area contributed by atoms with Gasteiger partial charge < -0.3 is 5.73 Å². The van der Waals surface area contributed by atoms with Gasteiger partial charge in [-0.05, 0) is 31.7 Å². The van der Waals surface area contributed by atoms with Crippen LogP contribution in [-0.4, -0.2) is 20.5 Å². The summed E-state index contributed by atoms with van der Waals surface area (Å²) in [5.41, 5.74) is 5.70. The fourth-order valence-electron chi connectivity index (χ4n) is 2.23. The molecule has 1 saturated carbocycles. The summed E-state index contributed by atoms with van der Waals surface area (Å²) in [5.74, 6) is -4.15. The number of rotatable bonds is 3. The Bertz CT molecular complexity index is 605. The highest BCUT2D eigenvalue weighted by Gasteiger charge is 2.27. The Morgan fingerprint density at radius 3 is 2.10 bits per heavy atom. The molecule has 21 heavy (non-hydrogen) atoms. The highest BCUT2D eigenvalue weighted by molar-refractivity contribution is 7.89. The lowest BCUT2D eigenvalue weighted by Crippen LogP contribution is -2.40. The van der Waals surface area contributed by atoms with Crippen LogP contribution in [0, 0.1) is 17.5 Å². The molecule has 1 aromatic carbocycles. The van der Waals surface area contributed by atoms with Gasteiger partial charge in [-0.2, -0.15) is 0 Å². The Balaban J connectivity index is 0.00000220. The van der Waals surface area contributed by atoms with Crippen molar-refractivity contribution in [3.8, 4) is 0 Å². The molecule has 0 saturated heterocycles. The number of halogens is 4. The summed E-state index contributed by atoms with van der Waals surface area (Å²) < 4.78 is 65.7. The van der Waals surface area contributed by atoms with Crippen LogP contribution in [0.1, 0.15) is 25.7 Å². The summed E-state index contributed by atoms with van der Waals surface area (Å²) >= 11 is 0. The van der Waals surface area contributed by atoms with E-state index < -0.39 is 32.4 Å². The minimum atomic E-state index is -4.22. The number of nitrogens with two attached hydrogens (primary N) is 1. The molecule has 1 aromatic rings. The van der Waals surface area contributed by atoms with Gasteiger partial charge in [-0.25, -0.2) is 26.3 Å². The number of sulfonamides is 1. The SMILES string of the molecule is Cl.NC1CCC(NS(=O)(=O)c2cc(F)c(F)cc2F)CC1. The Morgan fingerprint density at radius 2 is 1.52 bits per heavy atom. The standard InChI is InChI=1S/C12H15F3N2O2S.ClH/c13-9-5-11(15)12(6-10(9)14)20(18,19)17-8-3-1-7(16)2-4-8;/h5-8,17H,1-4,16H2;1H. The van der Waals surface area contributed by atoms with E-state index in [4.69, 9.17) is 5.73 Å². The number of hydrogen-bond donors (Lipinski definition) is 2. The van der Waals surface area contributed by atoms with Crippen molar-refractivity contribution in [3.63, 3.8) is 0 Å². The fraction of sp³-hybridized carbons (Fsp3) is 0.500. The van der Waals surface area contributed by atoms with E-state index in [1.54, 1.807) is 0 Å². The lowest BCUT2D eigenvalue weighted by Gasteiger charge is -2.26. The molecule has 0 aromatic heterocycles. The first-order valence-electron chi connectivity index (χ1n) is 6.22. The van der Waals surface area contributed by atoms with Crippen LogP contribution in [0.2, 0.25) is 0 Å². The molecule has 0 spiro atoms. The quantitative estimate of drug-likeness (QED) is 0.825. The molecule has 0 unspecified atom stereocenters. The zero-order chi connectivity index (χ0) is 14.9. The Hall–Kier alpha value is -0.830. The van der Waals surface area contributed by atoms with Crippen LogP contribution in [0.15, 0.2) is 17.0 Å². The monoisotopic (exact) mass is 344 g/mol. The number of benzene rings is 1. The average molecular weight is 345 g/mol. The van der Waals surface area contributed by atoms with Crippen molar-refractivity contribution in [2.45, 2.75) is 42.7 Å². The van der Waals surface area contributed by atoms with Crippen molar-refractivity contribution in [1.82, 2.24) is 4.72 Å². The van der Waals surface area contributed by atoms with Gasteiger partial charge in [0.2, 0.25) is 10.0 Å². The molecule has 2 rings (SSSR count). The van der Waals surface area contributed by atoms with Crippen molar-refractivity contribution >= 4 is 22.4 Å². The lowest BCUT2D eigenvalue weighted by atomic mass is 9.93. The molecule has 0 heterocycles. The minimum absolute atomic E-state index is 0. The average Bonchev–Trinajstić information content (AvgIpc) is 2.36. The van der Waals surface area contributed by atoms with E-state index >= 15 is 0 Å². The normalized spacial score (nSPS) is 22.7. The van der Waals surface area contributed by atoms with Crippen LogP contribution >= 0.6 is 12.4 Å². The van der Waals surface area contributed by atoms with Crippen molar-refractivity contribution in [2.75, 3.05) is 0 Å². The van der Waals surface area contributed by atoms with Crippen LogP contribution in [0.3, 0.4) is 0 Å². The van der Waals surface area contributed by atoms with E-state index in [0.29, 0.717) is 31.7 Å². The third-order valence-corrected chi connectivity index (χ3v) is 4.89. The maximum atomic E-state index is 13.5. The molecule has 0 amide bonds. The molecule has 0 bridgehead atoms. The lowest BCUT2D eigenvalue weighted by molar-refractivity contribution is 0.373. The molecule has 1 aliphatic rings. The predicted octanol–water partition coefficient (Wildman–Crippen LogP) is 2.07. The summed E-state index contributed by atoms with van der Waals surface area (Å²) in [6.45, 7) is 0. The molecular weight excluding hydrogens is 329 g/mol. The summed E-state index contributed by atoms with van der Waals surface area (Å²) in [5, 5.41) is 0. The second kappa shape index (κ2) is 6.95. The highest BCUT2D eigenvalue weighted by atomic mass is 35.5. The molecular formula is C12H16ClF3N2O2S. The van der Waals surface area contributed by atoms with Crippen LogP contribution < -0.4 is 10.5 Å². The summed E-state index contributed by atoms with van der Waals surface area (Å²) in [7, 11) is -4.22. The number of hydrogen-bond acceptors (Lipinski definition) is 3. The second-order valence-corrected chi connectivity index (χ2v) is 6.61. The van der Waals surface area contributed by atoms with E-state index in [1.165, 1.54) is 0 Å². The van der Waals surface area contributed by atoms with Gasteiger partial charge in [0.1, 0.15) is 10.7 Å². The Morgan fingerprint density at radius 1 is 1.00 bits per heavy atom. The van der Waals surface area contributed by atoms with Gasteiger partial charge >= 0.3 is 0 Å². The Labute approximate surface area is 127 Å². The smallest absolute Gasteiger partial charge is 0.243 e. The van der Waals surface area contributed by atoms with E-state index in [9.17, 15) is 21.6 Å². The van der Waals surface area contributed by atoms with Crippen LogP contribution in [0.4, 0.5) is 13.2 Å². The van der Waals surface area contributed by atoms with Crippen LogP contribution in [0.5, 0.6) is 0 Å². The van der Waals surface area contributed by atoms with Gasteiger partial charge in [0.15, 0.2) is 11.6 Å². The van der Waals surface area contributed by atoms with Gasteiger partial charge in [-0.1, -0.05) is 0 Å². The summed E-state index contributed by atoms with van der Waals surface area (Å²) in [6, 6.07) is 0.241. The molecule has 0 radical (unpaired) electrons. The minimum Gasteiger partial charge on any atom is -0.328 e. The first-order valence-corrected chi connectivity index (χ1v) is 7.70. The molecule has 1 aliphatic carbocycles. The van der Waals surface area contributed by atoms with E-state index in [1.807, 2.05) is 0 Å². The largest absolute Gasteiger partial charge is 0.328 e. The maximum Gasteiger partial charge on any atom is 0.243 e. The second-order valence-electron chi connectivity index (χ2n) is 4.93. The topological polar surface area (TPSA) is 72.2 Å². The van der Waals surface area contributed by atoms with Crippen molar-refractivity contribution in [2.24, 2.45) is 5.73 Å². The first kappa shape index (κ1) is 18.2. The third kappa shape index (κ3) is 4.32.